The van der Waals surface area contributed by atoms with E-state index >= 15 is 0 Å². The number of amides is 1. The lowest BCUT2D eigenvalue weighted by Gasteiger charge is -2.37. The van der Waals surface area contributed by atoms with Gasteiger partial charge in [-0.2, -0.15) is 0 Å². The van der Waals surface area contributed by atoms with Gasteiger partial charge >= 0.3 is 0 Å². The Hall–Kier alpha value is -2.51. The third-order valence-corrected chi connectivity index (χ3v) is 5.08. The van der Waals surface area contributed by atoms with Crippen molar-refractivity contribution in [2.75, 3.05) is 33.8 Å². The van der Waals surface area contributed by atoms with Crippen molar-refractivity contribution >= 4 is 5.91 Å². The van der Waals surface area contributed by atoms with Gasteiger partial charge in [0.1, 0.15) is 11.7 Å². The fourth-order valence-electron chi connectivity index (χ4n) is 3.38. The van der Waals surface area contributed by atoms with E-state index in [9.17, 15) is 9.90 Å². The first-order chi connectivity index (χ1) is 13.4. The number of hydrogen-bond donors (Lipinski definition) is 1. The molecule has 0 unspecified atom stereocenters. The van der Waals surface area contributed by atoms with E-state index in [0.717, 1.165) is 11.1 Å². The fourth-order valence-corrected chi connectivity index (χ4v) is 3.38. The van der Waals surface area contributed by atoms with Crippen molar-refractivity contribution in [3.05, 3.63) is 42.4 Å². The molecule has 1 amide bonds. The molecule has 150 valence electrons. The summed E-state index contributed by atoms with van der Waals surface area (Å²) < 4.78 is 6.21. The van der Waals surface area contributed by atoms with Crippen LogP contribution in [0.4, 0.5) is 0 Å². The number of likely N-dealkylation sites (N-methyl/N-ethyl adjacent to an activating group) is 1. The van der Waals surface area contributed by atoms with E-state index < -0.39 is 0 Å². The van der Waals surface area contributed by atoms with Gasteiger partial charge in [0.2, 0.25) is 5.88 Å². The second-order valence-electron chi connectivity index (χ2n) is 7.70. The summed E-state index contributed by atoms with van der Waals surface area (Å²) in [4.78, 5) is 25.6. The Morgan fingerprint density at radius 1 is 1.32 bits per heavy atom. The molecule has 28 heavy (non-hydrogen) atoms. The molecule has 7 heteroatoms. The number of carbonyl (C=O) groups excluding carboxylic acids is 1. The average molecular weight is 384 g/mol. The number of ether oxygens (including phenoxy) is 1. The number of nitrogens with zero attached hydrogens (tertiary/aromatic N) is 4. The predicted molar refractivity (Wildman–Crippen MR) is 107 cm³/mol. The molecule has 1 aliphatic rings. The number of aliphatic hydroxyl groups is 1. The zero-order valence-electron chi connectivity index (χ0n) is 16.9. The highest BCUT2D eigenvalue weighted by Crippen LogP contribution is 2.30. The first-order valence-electron chi connectivity index (χ1n) is 9.54. The maximum absolute atomic E-state index is 13.3. The van der Waals surface area contributed by atoms with Crippen LogP contribution < -0.4 is 4.74 Å². The molecule has 3 atom stereocenters. The molecule has 0 spiro atoms. The number of fused-ring (bicyclic) bond motifs is 1. The maximum atomic E-state index is 13.3. The van der Waals surface area contributed by atoms with E-state index in [1.165, 1.54) is 0 Å². The van der Waals surface area contributed by atoms with Crippen molar-refractivity contribution in [3.8, 4) is 17.0 Å². The molecule has 0 fully saturated rings. The summed E-state index contributed by atoms with van der Waals surface area (Å²) >= 11 is 0. The zero-order valence-corrected chi connectivity index (χ0v) is 16.9. The van der Waals surface area contributed by atoms with Crippen LogP contribution in [0.25, 0.3) is 11.1 Å². The van der Waals surface area contributed by atoms with Crippen LogP contribution >= 0.6 is 0 Å². The monoisotopic (exact) mass is 384 g/mol. The Labute approximate surface area is 166 Å². The number of rotatable bonds is 5. The van der Waals surface area contributed by atoms with E-state index in [0.29, 0.717) is 24.5 Å². The van der Waals surface area contributed by atoms with Crippen LogP contribution in [0.2, 0.25) is 0 Å². The van der Waals surface area contributed by atoms with Gasteiger partial charge in [0.15, 0.2) is 0 Å². The van der Waals surface area contributed by atoms with Gasteiger partial charge in [0.25, 0.3) is 5.91 Å². The number of pyridine rings is 2. The molecule has 0 saturated heterocycles. The van der Waals surface area contributed by atoms with Gasteiger partial charge in [-0.3, -0.25) is 9.78 Å². The van der Waals surface area contributed by atoms with Gasteiger partial charge in [0.05, 0.1) is 12.6 Å². The smallest absolute Gasteiger partial charge is 0.259 e. The van der Waals surface area contributed by atoms with Crippen molar-refractivity contribution in [1.82, 2.24) is 19.8 Å². The van der Waals surface area contributed by atoms with Crippen LogP contribution in [0, 0.1) is 5.92 Å². The van der Waals surface area contributed by atoms with Crippen LogP contribution in [0.1, 0.15) is 24.2 Å². The van der Waals surface area contributed by atoms with Crippen LogP contribution in [-0.4, -0.2) is 76.7 Å². The largest absolute Gasteiger partial charge is 0.472 e. The molecule has 2 aromatic rings. The normalized spacial score (nSPS) is 20.9. The minimum absolute atomic E-state index is 0.0928. The minimum atomic E-state index is -0.287. The Morgan fingerprint density at radius 3 is 2.68 bits per heavy atom. The minimum Gasteiger partial charge on any atom is -0.472 e. The van der Waals surface area contributed by atoms with Gasteiger partial charge in [-0.15, -0.1) is 0 Å². The van der Waals surface area contributed by atoms with Crippen LogP contribution in [0.15, 0.2) is 36.8 Å². The summed E-state index contributed by atoms with van der Waals surface area (Å²) in [5.74, 6) is 0.265. The summed E-state index contributed by atoms with van der Waals surface area (Å²) in [5, 5.41) is 9.69. The Morgan fingerprint density at radius 2 is 2.04 bits per heavy atom. The molecule has 0 bridgehead atoms. The molecular formula is C21H28N4O3. The number of carbonyl (C=O) groups is 1. The predicted octanol–water partition coefficient (Wildman–Crippen LogP) is 1.93. The van der Waals surface area contributed by atoms with E-state index in [2.05, 4.69) is 21.8 Å². The molecule has 1 N–H and O–H groups in total. The summed E-state index contributed by atoms with van der Waals surface area (Å²) in [5.41, 5.74) is 2.18. The van der Waals surface area contributed by atoms with Crippen molar-refractivity contribution in [2.45, 2.75) is 26.0 Å². The fraction of sp³-hybridized carbons (Fsp3) is 0.476. The zero-order chi connectivity index (χ0) is 20.3. The molecule has 2 aromatic heterocycles. The van der Waals surface area contributed by atoms with Gasteiger partial charge in [-0.25, -0.2) is 4.98 Å². The second-order valence-corrected chi connectivity index (χ2v) is 7.70. The standard InChI is InChI=1S/C21H28N4O3/c1-14-11-25(15(2)13-26)21(27)18-9-17(16-5-7-22-8-6-16)10-23-20(18)28-19(14)12-24(3)4/h5-10,14-15,19,26H,11-13H2,1-4H3/t14-,15-,19+/m0/s1. The van der Waals surface area contributed by atoms with Crippen molar-refractivity contribution in [3.63, 3.8) is 0 Å². The molecule has 1 aliphatic heterocycles. The first kappa shape index (κ1) is 20.2. The lowest BCUT2D eigenvalue weighted by molar-refractivity contribution is 0.0348. The quantitative estimate of drug-likeness (QED) is 0.849. The summed E-state index contributed by atoms with van der Waals surface area (Å²) in [6.45, 7) is 5.05. The molecule has 7 nitrogen and oxygen atoms in total. The highest BCUT2D eigenvalue weighted by molar-refractivity contribution is 5.98. The lowest BCUT2D eigenvalue weighted by atomic mass is 9.99. The number of aromatic nitrogens is 2. The topological polar surface area (TPSA) is 78.8 Å². The Balaban J connectivity index is 2.06. The Kier molecular flexibility index (Phi) is 6.26. The number of hydrogen-bond acceptors (Lipinski definition) is 6. The summed E-state index contributed by atoms with van der Waals surface area (Å²) in [6.07, 6.45) is 5.02. The average Bonchev–Trinajstić information content (AvgIpc) is 2.70. The van der Waals surface area contributed by atoms with Crippen LogP contribution in [0.5, 0.6) is 5.88 Å². The first-order valence-corrected chi connectivity index (χ1v) is 9.54. The van der Waals surface area contributed by atoms with E-state index in [-0.39, 0.29) is 30.6 Å². The molecular weight excluding hydrogens is 356 g/mol. The van der Waals surface area contributed by atoms with Crippen molar-refractivity contribution < 1.29 is 14.6 Å². The molecule has 3 heterocycles. The molecule has 0 aliphatic carbocycles. The molecule has 0 radical (unpaired) electrons. The summed E-state index contributed by atoms with van der Waals surface area (Å²) in [7, 11) is 3.99. The van der Waals surface area contributed by atoms with Gasteiger partial charge in [0, 0.05) is 43.2 Å². The highest BCUT2D eigenvalue weighted by atomic mass is 16.5. The SMILES string of the molecule is C[C@H]1CN([C@@H](C)CO)C(=O)c2cc(-c3ccncc3)cnc2O[C@@H]1CN(C)C. The van der Waals surface area contributed by atoms with Gasteiger partial charge in [-0.05, 0) is 44.8 Å². The Bertz CT molecular complexity index is 813. The van der Waals surface area contributed by atoms with Gasteiger partial charge < -0.3 is 19.6 Å². The lowest BCUT2D eigenvalue weighted by Crippen LogP contribution is -2.49. The summed E-state index contributed by atoms with van der Waals surface area (Å²) in [6, 6.07) is 5.29. The highest BCUT2D eigenvalue weighted by Gasteiger charge is 2.33. The third-order valence-electron chi connectivity index (χ3n) is 5.08. The van der Waals surface area contributed by atoms with Gasteiger partial charge in [-0.1, -0.05) is 6.92 Å². The number of aliphatic hydroxyl groups excluding tert-OH is 1. The van der Waals surface area contributed by atoms with E-state index in [1.54, 1.807) is 23.5 Å². The van der Waals surface area contributed by atoms with Crippen LogP contribution in [0.3, 0.4) is 0 Å². The maximum Gasteiger partial charge on any atom is 0.259 e. The van der Waals surface area contributed by atoms with Crippen molar-refractivity contribution in [2.24, 2.45) is 5.92 Å². The van der Waals surface area contributed by atoms with E-state index in [1.807, 2.05) is 39.2 Å². The second kappa shape index (κ2) is 8.67. The van der Waals surface area contributed by atoms with Crippen molar-refractivity contribution in [1.29, 1.82) is 0 Å². The third kappa shape index (κ3) is 4.31. The molecule has 3 rings (SSSR count). The molecule has 0 aromatic carbocycles. The molecule has 0 saturated carbocycles. The van der Waals surface area contributed by atoms with E-state index in [4.69, 9.17) is 4.74 Å². The van der Waals surface area contributed by atoms with Crippen LogP contribution in [-0.2, 0) is 0 Å².